The second kappa shape index (κ2) is 9.68. The molecule has 29 heavy (non-hydrogen) atoms. The first kappa shape index (κ1) is 21.7. The lowest BCUT2D eigenvalue weighted by molar-refractivity contribution is -0.113. The molecule has 1 aromatic carbocycles. The van der Waals surface area contributed by atoms with Gasteiger partial charge in [0.25, 0.3) is 0 Å². The van der Waals surface area contributed by atoms with Gasteiger partial charge in [0.05, 0.1) is 16.7 Å². The summed E-state index contributed by atoms with van der Waals surface area (Å²) in [6.45, 7) is 5.05. The maximum absolute atomic E-state index is 12.8. The highest BCUT2D eigenvalue weighted by molar-refractivity contribution is 7.99. The molecule has 1 fully saturated rings. The van der Waals surface area contributed by atoms with Crippen LogP contribution in [-0.2, 0) is 14.8 Å². The van der Waals surface area contributed by atoms with Gasteiger partial charge in [0, 0.05) is 18.8 Å². The molecule has 2 heterocycles. The molecule has 0 bridgehead atoms. The van der Waals surface area contributed by atoms with Gasteiger partial charge in [-0.15, -0.1) is 5.10 Å². The first-order chi connectivity index (χ1) is 13.9. The number of nitrogens with one attached hydrogen (secondary N) is 1. The van der Waals surface area contributed by atoms with Crippen molar-refractivity contribution >= 4 is 33.4 Å². The minimum atomic E-state index is -3.49. The summed E-state index contributed by atoms with van der Waals surface area (Å²) in [5.74, 6) is -0.0579. The van der Waals surface area contributed by atoms with Crippen LogP contribution in [0.2, 0.25) is 0 Å². The lowest BCUT2D eigenvalue weighted by Crippen LogP contribution is -2.31. The molecule has 0 atom stereocenters. The van der Waals surface area contributed by atoms with Gasteiger partial charge in [0.15, 0.2) is 0 Å². The number of anilines is 1. The number of tetrazole rings is 1. The summed E-state index contributed by atoms with van der Waals surface area (Å²) in [7, 11) is -3.49. The van der Waals surface area contributed by atoms with Crippen molar-refractivity contribution < 1.29 is 13.2 Å². The van der Waals surface area contributed by atoms with Crippen molar-refractivity contribution in [3.63, 3.8) is 0 Å². The molecule has 1 aliphatic rings. The zero-order valence-electron chi connectivity index (χ0n) is 16.6. The van der Waals surface area contributed by atoms with Gasteiger partial charge in [0.2, 0.25) is 21.1 Å². The van der Waals surface area contributed by atoms with Crippen LogP contribution in [0.1, 0.15) is 45.6 Å². The molecule has 0 saturated carbocycles. The van der Waals surface area contributed by atoms with Crippen molar-refractivity contribution in [2.75, 3.05) is 24.2 Å². The molecule has 11 heteroatoms. The molecule has 9 nitrogen and oxygen atoms in total. The van der Waals surface area contributed by atoms with Gasteiger partial charge in [-0.25, -0.2) is 13.1 Å². The van der Waals surface area contributed by atoms with Gasteiger partial charge in [-0.2, -0.15) is 4.31 Å². The van der Waals surface area contributed by atoms with E-state index >= 15 is 0 Å². The normalized spacial score (nSPS) is 16.0. The lowest BCUT2D eigenvalue weighted by Gasteiger charge is -2.20. The van der Waals surface area contributed by atoms with Crippen LogP contribution in [0.4, 0.5) is 5.69 Å². The van der Waals surface area contributed by atoms with Crippen LogP contribution in [0, 0.1) is 0 Å². The van der Waals surface area contributed by atoms with Crippen molar-refractivity contribution in [1.82, 2.24) is 24.5 Å². The number of benzene rings is 1. The maximum atomic E-state index is 12.8. The topological polar surface area (TPSA) is 110 Å². The van der Waals surface area contributed by atoms with Crippen molar-refractivity contribution in [2.45, 2.75) is 55.6 Å². The second-order valence-electron chi connectivity index (χ2n) is 7.18. The SMILES string of the molecule is CC(C)n1nnnc1SCC(=O)Nc1ccc(S(=O)(=O)N2CCCCCC2)cc1. The molecule has 158 valence electrons. The summed E-state index contributed by atoms with van der Waals surface area (Å²) in [4.78, 5) is 12.5. The van der Waals surface area contributed by atoms with Crippen LogP contribution in [0.3, 0.4) is 0 Å². The second-order valence-corrected chi connectivity index (χ2v) is 10.1. The maximum Gasteiger partial charge on any atom is 0.243 e. The van der Waals surface area contributed by atoms with Crippen LogP contribution >= 0.6 is 11.8 Å². The molecule has 1 N–H and O–H groups in total. The third kappa shape index (κ3) is 5.55. The minimum Gasteiger partial charge on any atom is -0.325 e. The summed E-state index contributed by atoms with van der Waals surface area (Å²) >= 11 is 1.25. The number of hydrogen-bond donors (Lipinski definition) is 1. The first-order valence-electron chi connectivity index (χ1n) is 9.68. The summed E-state index contributed by atoms with van der Waals surface area (Å²) in [5, 5.41) is 14.8. The molecule has 2 aromatic rings. The summed E-state index contributed by atoms with van der Waals surface area (Å²) < 4.78 is 28.8. The smallest absolute Gasteiger partial charge is 0.243 e. The van der Waals surface area contributed by atoms with E-state index in [9.17, 15) is 13.2 Å². The molecular weight excluding hydrogens is 412 g/mol. The predicted molar refractivity (Wildman–Crippen MR) is 111 cm³/mol. The molecule has 3 rings (SSSR count). The third-order valence-corrected chi connectivity index (χ3v) is 7.47. The Bertz CT molecular complexity index is 919. The fourth-order valence-electron chi connectivity index (χ4n) is 3.07. The number of nitrogens with zero attached hydrogens (tertiary/aromatic N) is 5. The van der Waals surface area contributed by atoms with Gasteiger partial charge in [-0.1, -0.05) is 24.6 Å². The first-order valence-corrected chi connectivity index (χ1v) is 12.1. The predicted octanol–water partition coefficient (Wildman–Crippen LogP) is 2.55. The Labute approximate surface area is 175 Å². The van der Waals surface area contributed by atoms with Crippen LogP contribution in [0.15, 0.2) is 34.3 Å². The van der Waals surface area contributed by atoms with E-state index in [2.05, 4.69) is 20.8 Å². The van der Waals surface area contributed by atoms with E-state index in [1.807, 2.05) is 13.8 Å². The van der Waals surface area contributed by atoms with Crippen molar-refractivity contribution in [3.05, 3.63) is 24.3 Å². The van der Waals surface area contributed by atoms with Gasteiger partial charge < -0.3 is 5.32 Å². The zero-order chi connectivity index (χ0) is 20.9. The molecular formula is C18H26N6O3S2. The van der Waals surface area contributed by atoms with Gasteiger partial charge >= 0.3 is 0 Å². The highest BCUT2D eigenvalue weighted by Crippen LogP contribution is 2.22. The number of aromatic nitrogens is 4. The Morgan fingerprint density at radius 3 is 2.41 bits per heavy atom. The number of sulfonamides is 1. The van der Waals surface area contributed by atoms with E-state index in [1.54, 1.807) is 33.3 Å². The Morgan fingerprint density at radius 1 is 1.14 bits per heavy atom. The average Bonchev–Trinajstić information content (AvgIpc) is 2.99. The van der Waals surface area contributed by atoms with Crippen LogP contribution in [0.25, 0.3) is 0 Å². The number of rotatable bonds is 7. The monoisotopic (exact) mass is 438 g/mol. The summed E-state index contributed by atoms with van der Waals surface area (Å²) in [6.07, 6.45) is 3.92. The van der Waals surface area contributed by atoms with Crippen molar-refractivity contribution in [3.8, 4) is 0 Å². The van der Waals surface area contributed by atoms with Crippen LogP contribution < -0.4 is 5.32 Å². The summed E-state index contributed by atoms with van der Waals surface area (Å²) in [6, 6.07) is 6.43. The fourth-order valence-corrected chi connectivity index (χ4v) is 5.40. The molecule has 1 aliphatic heterocycles. The van der Waals surface area contributed by atoms with Crippen molar-refractivity contribution in [1.29, 1.82) is 0 Å². The highest BCUT2D eigenvalue weighted by Gasteiger charge is 2.25. The summed E-state index contributed by atoms with van der Waals surface area (Å²) in [5.41, 5.74) is 0.550. The Morgan fingerprint density at radius 2 is 1.79 bits per heavy atom. The van der Waals surface area contributed by atoms with E-state index in [-0.39, 0.29) is 22.6 Å². The van der Waals surface area contributed by atoms with Crippen molar-refractivity contribution in [2.24, 2.45) is 0 Å². The third-order valence-electron chi connectivity index (χ3n) is 4.62. The molecule has 0 radical (unpaired) electrons. The number of carbonyl (C=O) groups is 1. The van der Waals surface area contributed by atoms with Gasteiger partial charge in [0.1, 0.15) is 0 Å². The molecule has 1 aromatic heterocycles. The Balaban J connectivity index is 1.58. The van der Waals surface area contributed by atoms with Crippen LogP contribution in [0.5, 0.6) is 0 Å². The van der Waals surface area contributed by atoms with Gasteiger partial charge in [-0.3, -0.25) is 4.79 Å². The van der Waals surface area contributed by atoms with E-state index in [0.717, 1.165) is 25.7 Å². The standard InChI is InChI=1S/C18H26N6O3S2/c1-14(2)24-18(20-21-22-24)28-13-17(25)19-15-7-9-16(10-8-15)29(26,27)23-11-5-3-4-6-12-23/h7-10,14H,3-6,11-13H2,1-2H3,(H,19,25). The Kier molecular flexibility index (Phi) is 7.25. The highest BCUT2D eigenvalue weighted by atomic mass is 32.2. The van der Waals surface area contributed by atoms with E-state index in [1.165, 1.54) is 11.8 Å². The quantitative estimate of drug-likeness (QED) is 0.662. The number of thioether (sulfide) groups is 1. The number of hydrogen-bond acceptors (Lipinski definition) is 7. The molecule has 0 unspecified atom stereocenters. The van der Waals surface area contributed by atoms with Gasteiger partial charge in [-0.05, 0) is 61.4 Å². The van der Waals surface area contributed by atoms with E-state index in [4.69, 9.17) is 0 Å². The molecule has 0 aliphatic carbocycles. The van der Waals surface area contributed by atoms with E-state index in [0.29, 0.717) is 23.9 Å². The average molecular weight is 439 g/mol. The van der Waals surface area contributed by atoms with E-state index < -0.39 is 10.0 Å². The molecule has 0 spiro atoms. The molecule has 1 saturated heterocycles. The minimum absolute atomic E-state index is 0.106. The zero-order valence-corrected chi connectivity index (χ0v) is 18.2. The Hall–Kier alpha value is -1.98. The largest absolute Gasteiger partial charge is 0.325 e. The lowest BCUT2D eigenvalue weighted by atomic mass is 10.2. The number of amides is 1. The van der Waals surface area contributed by atoms with Crippen LogP contribution in [-0.4, -0.2) is 57.7 Å². The number of carbonyl (C=O) groups excluding carboxylic acids is 1. The molecule has 1 amide bonds. The fraction of sp³-hybridized carbons (Fsp3) is 0.556.